The van der Waals surface area contributed by atoms with Gasteiger partial charge in [0.2, 0.25) is 0 Å². The largest absolute Gasteiger partial charge is 0.389 e. The number of halogens is 1. The molecule has 0 aliphatic rings. The van der Waals surface area contributed by atoms with Gasteiger partial charge < -0.3 is 5.73 Å². The number of nitrogens with two attached hydrogens (primary N) is 1. The summed E-state index contributed by atoms with van der Waals surface area (Å²) >= 11 is 4.69. The van der Waals surface area contributed by atoms with E-state index in [1.54, 1.807) is 10.9 Å². The second-order valence-electron chi connectivity index (χ2n) is 4.20. The molecule has 0 spiro atoms. The van der Waals surface area contributed by atoms with Gasteiger partial charge in [-0.05, 0) is 25.1 Å². The van der Waals surface area contributed by atoms with Crippen molar-refractivity contribution in [2.75, 3.05) is 4.72 Å². The van der Waals surface area contributed by atoms with Gasteiger partial charge in [-0.25, -0.2) is 12.8 Å². The Kier molecular flexibility index (Phi) is 4.24. The molecule has 1 heterocycles. The van der Waals surface area contributed by atoms with Crippen LogP contribution in [0.1, 0.15) is 12.5 Å². The lowest BCUT2D eigenvalue weighted by Gasteiger charge is -2.08. The smallest absolute Gasteiger partial charge is 0.262 e. The number of sulfonamides is 1. The van der Waals surface area contributed by atoms with Gasteiger partial charge in [-0.1, -0.05) is 12.2 Å². The van der Waals surface area contributed by atoms with Crippen LogP contribution in [0, 0.1) is 5.82 Å². The van der Waals surface area contributed by atoms with Crippen molar-refractivity contribution in [3.05, 3.63) is 42.0 Å². The molecule has 9 heteroatoms. The number of thiocarbonyl (C=S) groups is 1. The SMILES string of the molecule is CCn1cc(NS(=O)(=O)c2ccc(F)c(C(N)=S)c2)cn1. The molecule has 2 aromatic rings. The van der Waals surface area contributed by atoms with Gasteiger partial charge in [-0.2, -0.15) is 5.10 Å². The first kappa shape index (κ1) is 15.4. The van der Waals surface area contributed by atoms with E-state index in [1.807, 2.05) is 6.92 Å². The number of benzene rings is 1. The van der Waals surface area contributed by atoms with E-state index >= 15 is 0 Å². The molecule has 21 heavy (non-hydrogen) atoms. The van der Waals surface area contributed by atoms with Crippen molar-refractivity contribution in [3.63, 3.8) is 0 Å². The fourth-order valence-corrected chi connectivity index (χ4v) is 2.87. The molecule has 0 aliphatic heterocycles. The second-order valence-corrected chi connectivity index (χ2v) is 6.32. The van der Waals surface area contributed by atoms with E-state index in [9.17, 15) is 12.8 Å². The Labute approximate surface area is 126 Å². The highest BCUT2D eigenvalue weighted by molar-refractivity contribution is 7.92. The van der Waals surface area contributed by atoms with Crippen LogP contribution in [0.2, 0.25) is 0 Å². The number of aryl methyl sites for hydroxylation is 1. The summed E-state index contributed by atoms with van der Waals surface area (Å²) in [6.45, 7) is 2.49. The third-order valence-corrected chi connectivity index (χ3v) is 4.32. The molecule has 0 saturated carbocycles. The normalized spacial score (nSPS) is 11.3. The number of hydrogen-bond acceptors (Lipinski definition) is 4. The number of anilines is 1. The lowest BCUT2D eigenvalue weighted by Crippen LogP contribution is -2.16. The maximum atomic E-state index is 13.5. The van der Waals surface area contributed by atoms with Gasteiger partial charge in [0.25, 0.3) is 10.0 Å². The Morgan fingerprint density at radius 1 is 1.52 bits per heavy atom. The molecular formula is C12H13FN4O2S2. The van der Waals surface area contributed by atoms with Crippen LogP contribution in [0.25, 0.3) is 0 Å². The summed E-state index contributed by atoms with van der Waals surface area (Å²) in [5, 5.41) is 3.96. The van der Waals surface area contributed by atoms with Crippen LogP contribution in [0.5, 0.6) is 0 Å². The molecule has 0 amide bonds. The molecule has 2 rings (SSSR count). The van der Waals surface area contributed by atoms with Gasteiger partial charge in [0, 0.05) is 18.3 Å². The minimum Gasteiger partial charge on any atom is -0.389 e. The lowest BCUT2D eigenvalue weighted by molar-refractivity contribution is 0.599. The average Bonchev–Trinajstić information content (AvgIpc) is 2.85. The summed E-state index contributed by atoms with van der Waals surface area (Å²) in [4.78, 5) is -0.334. The zero-order chi connectivity index (χ0) is 15.6. The minimum absolute atomic E-state index is 0.114. The third kappa shape index (κ3) is 3.37. The zero-order valence-electron chi connectivity index (χ0n) is 11.1. The predicted octanol–water partition coefficient (Wildman–Crippen LogP) is 1.48. The summed E-state index contributed by atoms with van der Waals surface area (Å²) < 4.78 is 41.9. The van der Waals surface area contributed by atoms with Crippen LogP contribution in [0.3, 0.4) is 0 Å². The highest BCUT2D eigenvalue weighted by Gasteiger charge is 2.18. The molecule has 0 bridgehead atoms. The summed E-state index contributed by atoms with van der Waals surface area (Å²) in [5.74, 6) is -0.666. The molecule has 6 nitrogen and oxygen atoms in total. The maximum Gasteiger partial charge on any atom is 0.262 e. The Morgan fingerprint density at radius 3 is 2.81 bits per heavy atom. The van der Waals surface area contributed by atoms with Crippen molar-refractivity contribution in [2.24, 2.45) is 5.73 Å². The quantitative estimate of drug-likeness (QED) is 0.811. The standard InChI is InChI=1S/C12H13FN4O2S2/c1-2-17-7-8(6-15-17)16-21(18,19)9-3-4-11(13)10(5-9)12(14)20/h3-7,16H,2H2,1H3,(H2,14,20). The molecule has 0 radical (unpaired) electrons. The van der Waals surface area contributed by atoms with E-state index in [-0.39, 0.29) is 15.4 Å². The van der Waals surface area contributed by atoms with Gasteiger partial charge in [0.1, 0.15) is 10.8 Å². The van der Waals surface area contributed by atoms with Gasteiger partial charge in [-0.15, -0.1) is 0 Å². The van der Waals surface area contributed by atoms with Crippen molar-refractivity contribution in [3.8, 4) is 0 Å². The minimum atomic E-state index is -3.87. The molecule has 0 atom stereocenters. The summed E-state index contributed by atoms with van der Waals surface area (Å²) in [6, 6.07) is 3.26. The van der Waals surface area contributed by atoms with E-state index in [2.05, 4.69) is 9.82 Å². The molecule has 1 aromatic heterocycles. The fraction of sp³-hybridized carbons (Fsp3) is 0.167. The van der Waals surface area contributed by atoms with Crippen molar-refractivity contribution >= 4 is 32.9 Å². The number of rotatable bonds is 5. The van der Waals surface area contributed by atoms with Gasteiger partial charge >= 0.3 is 0 Å². The second kappa shape index (κ2) is 5.78. The Balaban J connectivity index is 2.35. The molecular weight excluding hydrogens is 315 g/mol. The highest BCUT2D eigenvalue weighted by atomic mass is 32.2. The first-order valence-corrected chi connectivity index (χ1v) is 7.87. The van der Waals surface area contributed by atoms with Crippen LogP contribution in [0.15, 0.2) is 35.5 Å². The fourth-order valence-electron chi connectivity index (χ4n) is 1.66. The molecule has 1 aromatic carbocycles. The summed E-state index contributed by atoms with van der Waals surface area (Å²) in [7, 11) is -3.87. The summed E-state index contributed by atoms with van der Waals surface area (Å²) in [6.07, 6.45) is 2.94. The maximum absolute atomic E-state index is 13.5. The van der Waals surface area contributed by atoms with Crippen LogP contribution in [0.4, 0.5) is 10.1 Å². The van der Waals surface area contributed by atoms with Crippen molar-refractivity contribution in [1.82, 2.24) is 9.78 Å². The Morgan fingerprint density at radius 2 is 2.24 bits per heavy atom. The number of aromatic nitrogens is 2. The summed E-state index contributed by atoms with van der Waals surface area (Å²) in [5.41, 5.74) is 5.57. The number of nitrogens with zero attached hydrogens (tertiary/aromatic N) is 2. The van der Waals surface area contributed by atoms with Gasteiger partial charge in [0.15, 0.2) is 0 Å². The molecule has 0 saturated heterocycles. The number of hydrogen-bond donors (Lipinski definition) is 2. The van der Waals surface area contributed by atoms with Crippen LogP contribution < -0.4 is 10.5 Å². The van der Waals surface area contributed by atoms with E-state index in [4.69, 9.17) is 18.0 Å². The first-order valence-electron chi connectivity index (χ1n) is 5.98. The van der Waals surface area contributed by atoms with E-state index in [1.165, 1.54) is 6.20 Å². The van der Waals surface area contributed by atoms with Crippen molar-refractivity contribution in [1.29, 1.82) is 0 Å². The molecule has 3 N–H and O–H groups in total. The predicted molar refractivity (Wildman–Crippen MR) is 81.0 cm³/mol. The van der Waals surface area contributed by atoms with E-state index in [0.717, 1.165) is 18.2 Å². The average molecular weight is 328 g/mol. The molecule has 0 fully saturated rings. The zero-order valence-corrected chi connectivity index (χ0v) is 12.7. The number of nitrogens with one attached hydrogen (secondary N) is 1. The van der Waals surface area contributed by atoms with Crippen LogP contribution in [-0.4, -0.2) is 23.2 Å². The van der Waals surface area contributed by atoms with Crippen molar-refractivity contribution in [2.45, 2.75) is 18.4 Å². The van der Waals surface area contributed by atoms with Gasteiger partial charge in [0.05, 0.1) is 16.8 Å². The van der Waals surface area contributed by atoms with Crippen molar-refractivity contribution < 1.29 is 12.8 Å². The van der Waals surface area contributed by atoms with Gasteiger partial charge in [-0.3, -0.25) is 9.40 Å². The molecule has 0 aliphatic carbocycles. The van der Waals surface area contributed by atoms with Crippen LogP contribution in [-0.2, 0) is 16.6 Å². The van der Waals surface area contributed by atoms with E-state index in [0.29, 0.717) is 12.2 Å². The van der Waals surface area contributed by atoms with E-state index < -0.39 is 15.8 Å². The monoisotopic (exact) mass is 328 g/mol. The topological polar surface area (TPSA) is 90.0 Å². The molecule has 0 unspecified atom stereocenters. The first-order chi connectivity index (χ1) is 9.83. The Hall–Kier alpha value is -2.00. The Bertz CT molecular complexity index is 786. The highest BCUT2D eigenvalue weighted by Crippen LogP contribution is 2.18. The third-order valence-electron chi connectivity index (χ3n) is 2.72. The van der Waals surface area contributed by atoms with Crippen LogP contribution >= 0.6 is 12.2 Å². The lowest BCUT2D eigenvalue weighted by atomic mass is 10.2. The molecule has 112 valence electrons.